The molecule has 0 aliphatic heterocycles. The Labute approximate surface area is 143 Å². The molecule has 0 atom stereocenters. The minimum atomic E-state index is -1.10. The molecule has 0 spiro atoms. The maximum atomic E-state index is 14.1. The van der Waals surface area contributed by atoms with Crippen LogP contribution < -0.4 is 16.2 Å². The molecule has 3 rings (SSSR count). The van der Waals surface area contributed by atoms with E-state index in [4.69, 9.17) is 11.5 Å². The molecule has 1 heterocycles. The van der Waals surface area contributed by atoms with Crippen molar-refractivity contribution in [1.29, 1.82) is 0 Å². The quantitative estimate of drug-likeness (QED) is 0.882. The van der Waals surface area contributed by atoms with Crippen LogP contribution in [-0.2, 0) is 4.79 Å². The van der Waals surface area contributed by atoms with E-state index in [0.717, 1.165) is 24.6 Å². The van der Waals surface area contributed by atoms with Crippen LogP contribution in [0, 0.1) is 5.82 Å². The number of ether oxygens (including phenoxy) is 1. The topological polar surface area (TPSA) is 121 Å². The maximum absolute atomic E-state index is 14.1. The van der Waals surface area contributed by atoms with Gasteiger partial charge < -0.3 is 16.2 Å². The number of benzene rings is 1. The van der Waals surface area contributed by atoms with Gasteiger partial charge in [0.1, 0.15) is 17.3 Å². The third-order valence-electron chi connectivity index (χ3n) is 4.20. The largest absolute Gasteiger partial charge is 0.410 e. The first-order chi connectivity index (χ1) is 11.9. The number of ketones is 1. The SMILES string of the molecule is NC(=O)Oc1ccc(-c2nc(C3CCC(=O)CC3)cnc2N)cc1F. The number of nitrogens with zero attached hydrogens (tertiary/aromatic N) is 2. The Bertz CT molecular complexity index is 831. The predicted molar refractivity (Wildman–Crippen MR) is 88.3 cm³/mol. The Morgan fingerprint density at radius 2 is 2.00 bits per heavy atom. The Morgan fingerprint density at radius 1 is 1.28 bits per heavy atom. The van der Waals surface area contributed by atoms with Gasteiger partial charge in [0, 0.05) is 24.3 Å². The van der Waals surface area contributed by atoms with E-state index in [-0.39, 0.29) is 23.3 Å². The highest BCUT2D eigenvalue weighted by Gasteiger charge is 2.23. The first kappa shape index (κ1) is 16.8. The molecule has 0 saturated heterocycles. The number of hydrogen-bond donors (Lipinski definition) is 2. The summed E-state index contributed by atoms with van der Waals surface area (Å²) in [4.78, 5) is 30.8. The highest BCUT2D eigenvalue weighted by atomic mass is 19.1. The Balaban J connectivity index is 1.91. The standard InChI is InChI=1S/C17H17FN4O3/c18-12-7-10(3-6-14(12)25-17(20)24)15-16(19)21-8-13(22-15)9-1-4-11(23)5-2-9/h3,6-9H,1-2,4-5H2,(H2,19,21)(H2,20,24). The number of nitrogen functional groups attached to an aromatic ring is 1. The van der Waals surface area contributed by atoms with Crippen LogP contribution in [0.4, 0.5) is 15.0 Å². The van der Waals surface area contributed by atoms with Crippen LogP contribution in [0.5, 0.6) is 5.75 Å². The monoisotopic (exact) mass is 344 g/mol. The molecule has 1 amide bonds. The van der Waals surface area contributed by atoms with Gasteiger partial charge in [-0.3, -0.25) is 4.79 Å². The molecule has 25 heavy (non-hydrogen) atoms. The number of Topliss-reactive ketones (excluding diaryl/α,β-unsaturated/α-hetero) is 1. The lowest BCUT2D eigenvalue weighted by atomic mass is 9.86. The van der Waals surface area contributed by atoms with Crippen molar-refractivity contribution in [2.24, 2.45) is 5.73 Å². The molecule has 0 unspecified atom stereocenters. The van der Waals surface area contributed by atoms with E-state index in [1.165, 1.54) is 12.1 Å². The average molecular weight is 344 g/mol. The van der Waals surface area contributed by atoms with Gasteiger partial charge in [-0.15, -0.1) is 0 Å². The van der Waals surface area contributed by atoms with Gasteiger partial charge in [0.2, 0.25) is 0 Å². The Hall–Kier alpha value is -3.03. The molecular weight excluding hydrogens is 327 g/mol. The molecule has 7 nitrogen and oxygen atoms in total. The summed E-state index contributed by atoms with van der Waals surface area (Å²) in [6.45, 7) is 0. The van der Waals surface area contributed by atoms with Crippen LogP contribution in [-0.4, -0.2) is 21.8 Å². The van der Waals surface area contributed by atoms with Crippen LogP contribution in [0.15, 0.2) is 24.4 Å². The maximum Gasteiger partial charge on any atom is 0.410 e. The lowest BCUT2D eigenvalue weighted by Gasteiger charge is -2.20. The van der Waals surface area contributed by atoms with Crippen molar-refractivity contribution in [3.05, 3.63) is 35.9 Å². The van der Waals surface area contributed by atoms with Gasteiger partial charge in [0.05, 0.1) is 11.9 Å². The van der Waals surface area contributed by atoms with Crippen molar-refractivity contribution >= 4 is 17.7 Å². The summed E-state index contributed by atoms with van der Waals surface area (Å²) in [6, 6.07) is 3.96. The molecule has 1 aliphatic carbocycles. The number of nitrogens with two attached hydrogens (primary N) is 2. The number of rotatable bonds is 3. The molecule has 0 radical (unpaired) electrons. The molecule has 0 bridgehead atoms. The zero-order chi connectivity index (χ0) is 18.0. The number of carbonyl (C=O) groups is 2. The zero-order valence-electron chi connectivity index (χ0n) is 13.4. The summed E-state index contributed by atoms with van der Waals surface area (Å²) in [7, 11) is 0. The molecule has 4 N–H and O–H groups in total. The summed E-state index contributed by atoms with van der Waals surface area (Å²) in [6.07, 6.45) is 2.99. The van der Waals surface area contributed by atoms with Crippen molar-refractivity contribution in [2.45, 2.75) is 31.6 Å². The van der Waals surface area contributed by atoms with Gasteiger partial charge in [-0.2, -0.15) is 0 Å². The first-order valence-corrected chi connectivity index (χ1v) is 7.85. The normalized spacial score (nSPS) is 15.2. The Kier molecular flexibility index (Phi) is 4.60. The molecule has 1 fully saturated rings. The van der Waals surface area contributed by atoms with Crippen LogP contribution in [0.3, 0.4) is 0 Å². The highest BCUT2D eigenvalue weighted by molar-refractivity contribution is 5.79. The van der Waals surface area contributed by atoms with Gasteiger partial charge >= 0.3 is 6.09 Å². The lowest BCUT2D eigenvalue weighted by Crippen LogP contribution is -2.17. The van der Waals surface area contributed by atoms with E-state index in [0.29, 0.717) is 24.1 Å². The van der Waals surface area contributed by atoms with Crippen LogP contribution >= 0.6 is 0 Å². The summed E-state index contributed by atoms with van der Waals surface area (Å²) in [5.41, 5.74) is 12.3. The minimum Gasteiger partial charge on any atom is -0.407 e. The lowest BCUT2D eigenvalue weighted by molar-refractivity contribution is -0.120. The number of carbonyl (C=O) groups excluding carboxylic acids is 2. The fourth-order valence-electron chi connectivity index (χ4n) is 2.90. The first-order valence-electron chi connectivity index (χ1n) is 7.85. The Morgan fingerprint density at radius 3 is 2.64 bits per heavy atom. The second-order valence-electron chi connectivity index (χ2n) is 5.91. The van der Waals surface area contributed by atoms with Crippen molar-refractivity contribution in [2.75, 3.05) is 5.73 Å². The van der Waals surface area contributed by atoms with Crippen LogP contribution in [0.25, 0.3) is 11.3 Å². The summed E-state index contributed by atoms with van der Waals surface area (Å²) >= 11 is 0. The number of amides is 1. The summed E-state index contributed by atoms with van der Waals surface area (Å²) in [5.74, 6) is -0.478. The number of primary amides is 1. The van der Waals surface area contributed by atoms with Gasteiger partial charge in [-0.05, 0) is 31.0 Å². The number of hydrogen-bond acceptors (Lipinski definition) is 6. The van der Waals surface area contributed by atoms with E-state index in [9.17, 15) is 14.0 Å². The van der Waals surface area contributed by atoms with Crippen molar-refractivity contribution in [1.82, 2.24) is 9.97 Å². The highest BCUT2D eigenvalue weighted by Crippen LogP contribution is 2.33. The van der Waals surface area contributed by atoms with Crippen molar-refractivity contribution in [3.8, 4) is 17.0 Å². The van der Waals surface area contributed by atoms with E-state index >= 15 is 0 Å². The molecule has 1 saturated carbocycles. The third-order valence-corrected chi connectivity index (χ3v) is 4.20. The summed E-state index contributed by atoms with van der Waals surface area (Å²) < 4.78 is 18.6. The molecule has 1 aromatic carbocycles. The predicted octanol–water partition coefficient (Wildman–Crippen LogP) is 2.55. The van der Waals surface area contributed by atoms with Gasteiger partial charge in [-0.1, -0.05) is 0 Å². The average Bonchev–Trinajstić information content (AvgIpc) is 2.58. The van der Waals surface area contributed by atoms with E-state index in [1.807, 2.05) is 0 Å². The molecule has 2 aromatic rings. The fraction of sp³-hybridized carbons (Fsp3) is 0.294. The number of aromatic nitrogens is 2. The van der Waals surface area contributed by atoms with E-state index in [2.05, 4.69) is 14.7 Å². The minimum absolute atomic E-state index is 0.131. The van der Waals surface area contributed by atoms with Crippen LogP contribution in [0.1, 0.15) is 37.3 Å². The van der Waals surface area contributed by atoms with E-state index < -0.39 is 11.9 Å². The van der Waals surface area contributed by atoms with Crippen molar-refractivity contribution < 1.29 is 18.7 Å². The second kappa shape index (κ2) is 6.84. The van der Waals surface area contributed by atoms with E-state index in [1.54, 1.807) is 6.20 Å². The molecule has 1 aliphatic rings. The fourth-order valence-corrected chi connectivity index (χ4v) is 2.90. The molecule has 8 heteroatoms. The second-order valence-corrected chi connectivity index (χ2v) is 5.91. The van der Waals surface area contributed by atoms with Gasteiger partial charge in [-0.25, -0.2) is 19.2 Å². The van der Waals surface area contributed by atoms with Crippen molar-refractivity contribution in [3.63, 3.8) is 0 Å². The molecule has 1 aromatic heterocycles. The third kappa shape index (κ3) is 3.73. The molecule has 130 valence electrons. The number of anilines is 1. The van der Waals surface area contributed by atoms with Gasteiger partial charge in [0.15, 0.2) is 11.6 Å². The number of halogens is 1. The summed E-state index contributed by atoms with van der Waals surface area (Å²) in [5, 5.41) is 0. The smallest absolute Gasteiger partial charge is 0.407 e. The van der Waals surface area contributed by atoms with Gasteiger partial charge in [0.25, 0.3) is 0 Å². The van der Waals surface area contributed by atoms with Crippen LogP contribution in [0.2, 0.25) is 0 Å². The zero-order valence-corrected chi connectivity index (χ0v) is 13.4. The molecular formula is C17H17FN4O3.